The zero-order valence-electron chi connectivity index (χ0n) is 11.3. The predicted molar refractivity (Wildman–Crippen MR) is 70.9 cm³/mol. The highest BCUT2D eigenvalue weighted by molar-refractivity contribution is 7.16. The van der Waals surface area contributed by atoms with Crippen LogP contribution in [0.3, 0.4) is 0 Å². The van der Waals surface area contributed by atoms with Crippen molar-refractivity contribution in [1.29, 1.82) is 0 Å². The standard InChI is InChI=1S/C13H14O6S/c1-6(14)12-10-11(13(20-12)7(2)15)19-9(5-18-10)4-17-8(3)16/h9H,4-5H2,1-3H3. The predicted octanol–water partition coefficient (Wildman–Crippen LogP) is 1.86. The van der Waals surface area contributed by atoms with Crippen molar-refractivity contribution in [3.63, 3.8) is 0 Å². The second-order valence-corrected chi connectivity index (χ2v) is 5.41. The van der Waals surface area contributed by atoms with Crippen LogP contribution in [0.4, 0.5) is 0 Å². The maximum atomic E-state index is 11.6. The molecule has 0 aromatic carbocycles. The summed E-state index contributed by atoms with van der Waals surface area (Å²) in [7, 11) is 0. The average Bonchev–Trinajstić information content (AvgIpc) is 2.75. The number of carbonyl (C=O) groups excluding carboxylic acids is 3. The van der Waals surface area contributed by atoms with E-state index in [9.17, 15) is 14.4 Å². The van der Waals surface area contributed by atoms with Crippen molar-refractivity contribution in [3.8, 4) is 11.5 Å². The average molecular weight is 298 g/mol. The third-order valence-corrected chi connectivity index (χ3v) is 3.99. The lowest BCUT2D eigenvalue weighted by molar-refractivity contribution is -0.144. The van der Waals surface area contributed by atoms with Crippen LogP contribution in [0.1, 0.15) is 40.1 Å². The second kappa shape index (κ2) is 5.62. The van der Waals surface area contributed by atoms with E-state index in [2.05, 4.69) is 0 Å². The number of fused-ring (bicyclic) bond motifs is 1. The molecule has 6 nitrogen and oxygen atoms in total. The van der Waals surface area contributed by atoms with Crippen LogP contribution in [-0.4, -0.2) is 36.9 Å². The first-order chi connectivity index (χ1) is 9.40. The lowest BCUT2D eigenvalue weighted by Gasteiger charge is -2.25. The number of rotatable bonds is 4. The Morgan fingerprint density at radius 2 is 1.75 bits per heavy atom. The minimum atomic E-state index is -0.487. The van der Waals surface area contributed by atoms with Crippen LogP contribution < -0.4 is 9.47 Å². The third kappa shape index (κ3) is 2.82. The number of hydrogen-bond acceptors (Lipinski definition) is 7. The Labute approximate surface area is 119 Å². The Morgan fingerprint density at radius 1 is 1.15 bits per heavy atom. The highest BCUT2D eigenvalue weighted by atomic mass is 32.1. The first-order valence-corrected chi connectivity index (χ1v) is 6.83. The minimum Gasteiger partial charge on any atom is -0.484 e. The largest absolute Gasteiger partial charge is 0.484 e. The molecule has 20 heavy (non-hydrogen) atoms. The maximum absolute atomic E-state index is 11.6. The molecule has 0 saturated carbocycles. The van der Waals surface area contributed by atoms with E-state index < -0.39 is 12.1 Å². The summed E-state index contributed by atoms with van der Waals surface area (Å²) in [6.45, 7) is 4.31. The summed E-state index contributed by atoms with van der Waals surface area (Å²) in [5.41, 5.74) is 0. The van der Waals surface area contributed by atoms with Crippen molar-refractivity contribution < 1.29 is 28.6 Å². The molecule has 1 aromatic heterocycles. The molecule has 0 fully saturated rings. The van der Waals surface area contributed by atoms with Gasteiger partial charge in [0.15, 0.2) is 29.2 Å². The molecule has 108 valence electrons. The molecular formula is C13H14O6S. The summed E-state index contributed by atoms with van der Waals surface area (Å²) in [6.07, 6.45) is -0.487. The summed E-state index contributed by atoms with van der Waals surface area (Å²) < 4.78 is 16.0. The van der Waals surface area contributed by atoms with Crippen molar-refractivity contribution in [1.82, 2.24) is 0 Å². The summed E-state index contributed by atoms with van der Waals surface area (Å²) in [4.78, 5) is 34.7. The fraction of sp³-hybridized carbons (Fsp3) is 0.462. The maximum Gasteiger partial charge on any atom is 0.302 e. The number of esters is 1. The molecule has 0 bridgehead atoms. The van der Waals surface area contributed by atoms with Gasteiger partial charge in [-0.1, -0.05) is 0 Å². The normalized spacial score (nSPS) is 16.6. The van der Waals surface area contributed by atoms with E-state index in [1.807, 2.05) is 0 Å². The zero-order chi connectivity index (χ0) is 14.9. The van der Waals surface area contributed by atoms with E-state index in [1.54, 1.807) is 0 Å². The number of hydrogen-bond donors (Lipinski definition) is 0. The first-order valence-electron chi connectivity index (χ1n) is 6.01. The highest BCUT2D eigenvalue weighted by Gasteiger charge is 2.32. The molecule has 2 rings (SSSR count). The smallest absolute Gasteiger partial charge is 0.302 e. The van der Waals surface area contributed by atoms with Gasteiger partial charge < -0.3 is 14.2 Å². The summed E-state index contributed by atoms with van der Waals surface area (Å²) in [6, 6.07) is 0. The van der Waals surface area contributed by atoms with E-state index in [4.69, 9.17) is 14.2 Å². The van der Waals surface area contributed by atoms with Gasteiger partial charge in [-0.25, -0.2) is 0 Å². The molecule has 0 radical (unpaired) electrons. The van der Waals surface area contributed by atoms with Crippen LogP contribution in [0, 0.1) is 0 Å². The molecule has 1 aliphatic heterocycles. The fourth-order valence-electron chi connectivity index (χ4n) is 1.77. The van der Waals surface area contributed by atoms with Gasteiger partial charge in [-0.15, -0.1) is 11.3 Å². The van der Waals surface area contributed by atoms with Crippen molar-refractivity contribution in [2.45, 2.75) is 26.9 Å². The Bertz CT molecular complexity index is 574. The van der Waals surface area contributed by atoms with Gasteiger partial charge in [0.1, 0.15) is 23.0 Å². The third-order valence-electron chi connectivity index (χ3n) is 2.63. The molecule has 1 aromatic rings. The molecule has 0 spiro atoms. The van der Waals surface area contributed by atoms with Gasteiger partial charge >= 0.3 is 5.97 Å². The number of Topliss-reactive ketones (excluding diaryl/α,β-unsaturated/α-hetero) is 2. The van der Waals surface area contributed by atoms with E-state index in [-0.39, 0.29) is 30.5 Å². The van der Waals surface area contributed by atoms with Gasteiger partial charge in [-0.2, -0.15) is 0 Å². The Kier molecular flexibility index (Phi) is 4.08. The molecule has 0 aliphatic carbocycles. The Balaban J connectivity index is 2.28. The van der Waals surface area contributed by atoms with Gasteiger partial charge in [0, 0.05) is 20.8 Å². The van der Waals surface area contributed by atoms with Crippen molar-refractivity contribution >= 4 is 28.9 Å². The summed E-state index contributed by atoms with van der Waals surface area (Å²) >= 11 is 1.06. The molecule has 7 heteroatoms. The number of ketones is 2. The highest BCUT2D eigenvalue weighted by Crippen LogP contribution is 2.45. The monoisotopic (exact) mass is 298 g/mol. The zero-order valence-corrected chi connectivity index (χ0v) is 12.2. The minimum absolute atomic E-state index is 0.0391. The van der Waals surface area contributed by atoms with Gasteiger partial charge in [0.05, 0.1) is 0 Å². The first kappa shape index (κ1) is 14.5. The number of thiophene rings is 1. The molecule has 1 unspecified atom stereocenters. The molecular weight excluding hydrogens is 284 g/mol. The van der Waals surface area contributed by atoms with Crippen molar-refractivity contribution in [3.05, 3.63) is 9.75 Å². The summed E-state index contributed by atoms with van der Waals surface area (Å²) in [5.74, 6) is -0.208. The van der Waals surface area contributed by atoms with Gasteiger partial charge in [-0.05, 0) is 0 Å². The van der Waals surface area contributed by atoms with Gasteiger partial charge in [0.2, 0.25) is 0 Å². The second-order valence-electron chi connectivity index (χ2n) is 4.38. The van der Waals surface area contributed by atoms with Crippen molar-refractivity contribution in [2.24, 2.45) is 0 Å². The van der Waals surface area contributed by atoms with E-state index in [1.165, 1.54) is 20.8 Å². The van der Waals surface area contributed by atoms with Crippen molar-refractivity contribution in [2.75, 3.05) is 13.2 Å². The van der Waals surface area contributed by atoms with Crippen LogP contribution in [0.25, 0.3) is 0 Å². The molecule has 1 aliphatic rings. The van der Waals surface area contributed by atoms with E-state index in [0.29, 0.717) is 15.5 Å². The van der Waals surface area contributed by atoms with Crippen LogP contribution in [-0.2, 0) is 9.53 Å². The van der Waals surface area contributed by atoms with E-state index >= 15 is 0 Å². The van der Waals surface area contributed by atoms with Crippen LogP contribution >= 0.6 is 11.3 Å². The van der Waals surface area contributed by atoms with Crippen LogP contribution in [0.15, 0.2) is 0 Å². The number of carbonyl (C=O) groups is 3. The molecule has 2 heterocycles. The molecule has 0 saturated heterocycles. The lowest BCUT2D eigenvalue weighted by Crippen LogP contribution is -2.34. The fourth-order valence-corrected chi connectivity index (χ4v) is 2.74. The molecule has 0 amide bonds. The molecule has 0 N–H and O–H groups in total. The van der Waals surface area contributed by atoms with Gasteiger partial charge in [-0.3, -0.25) is 14.4 Å². The lowest BCUT2D eigenvalue weighted by atomic mass is 10.2. The topological polar surface area (TPSA) is 78.9 Å². The van der Waals surface area contributed by atoms with Gasteiger partial charge in [0.25, 0.3) is 0 Å². The summed E-state index contributed by atoms with van der Waals surface area (Å²) in [5, 5.41) is 0. The number of ether oxygens (including phenoxy) is 3. The van der Waals surface area contributed by atoms with Crippen LogP contribution in [0.2, 0.25) is 0 Å². The quantitative estimate of drug-likeness (QED) is 0.623. The Morgan fingerprint density at radius 3 is 2.30 bits per heavy atom. The molecule has 1 atom stereocenters. The van der Waals surface area contributed by atoms with Crippen LogP contribution in [0.5, 0.6) is 11.5 Å². The Hall–Kier alpha value is -1.89. The SMILES string of the molecule is CC(=O)OCC1COc2c(C(C)=O)sc(C(C)=O)c2O1. The van der Waals surface area contributed by atoms with E-state index in [0.717, 1.165) is 11.3 Å².